The quantitative estimate of drug-likeness (QED) is 0.861. The predicted molar refractivity (Wildman–Crippen MR) is 97.2 cm³/mol. The zero-order valence-corrected chi connectivity index (χ0v) is 14.6. The molecule has 0 bridgehead atoms. The Morgan fingerprint density at radius 2 is 1.96 bits per heavy atom. The monoisotopic (exact) mass is 362 g/mol. The first kappa shape index (κ1) is 16.8. The first-order valence-corrected chi connectivity index (χ1v) is 8.39. The van der Waals surface area contributed by atoms with E-state index >= 15 is 0 Å². The van der Waals surface area contributed by atoms with Gasteiger partial charge in [0.1, 0.15) is 0 Å². The van der Waals surface area contributed by atoms with Crippen LogP contribution in [0.5, 0.6) is 0 Å². The van der Waals surface area contributed by atoms with Crippen molar-refractivity contribution >= 4 is 46.4 Å². The van der Waals surface area contributed by atoms with E-state index in [2.05, 4.69) is 5.32 Å². The Labute approximate surface area is 150 Å². The Kier molecular flexibility index (Phi) is 4.78. The maximum absolute atomic E-state index is 12.4. The lowest BCUT2D eigenvalue weighted by molar-refractivity contribution is -0.117. The van der Waals surface area contributed by atoms with Gasteiger partial charge in [0.15, 0.2) is 0 Å². The van der Waals surface area contributed by atoms with Gasteiger partial charge in [0.25, 0.3) is 5.91 Å². The van der Waals surface area contributed by atoms with Crippen LogP contribution < -0.4 is 10.2 Å². The fourth-order valence-electron chi connectivity index (χ4n) is 2.75. The predicted octanol–water partition coefficient (Wildman–Crippen LogP) is 4.68. The Balaban J connectivity index is 1.86. The molecule has 1 fully saturated rings. The van der Waals surface area contributed by atoms with Crippen molar-refractivity contribution in [3.63, 3.8) is 0 Å². The number of hydrogen-bond donors (Lipinski definition) is 1. The number of aryl methyl sites for hydroxylation is 1. The summed E-state index contributed by atoms with van der Waals surface area (Å²) in [6, 6.07) is 10.2. The number of nitrogens with one attached hydrogen (secondary N) is 1. The average molecular weight is 363 g/mol. The fraction of sp³-hybridized carbons (Fsp3) is 0.222. The minimum atomic E-state index is -0.343. The minimum absolute atomic E-state index is 0.111. The zero-order valence-electron chi connectivity index (χ0n) is 13.1. The molecular weight excluding hydrogens is 347 g/mol. The van der Waals surface area contributed by atoms with Crippen LogP contribution in [0.2, 0.25) is 10.0 Å². The third-order valence-electron chi connectivity index (χ3n) is 4.00. The van der Waals surface area contributed by atoms with Crippen molar-refractivity contribution in [2.45, 2.75) is 19.8 Å². The van der Waals surface area contributed by atoms with E-state index in [0.717, 1.165) is 17.7 Å². The highest BCUT2D eigenvalue weighted by molar-refractivity contribution is 6.36. The first-order chi connectivity index (χ1) is 11.5. The molecule has 0 unspecified atom stereocenters. The van der Waals surface area contributed by atoms with Crippen LogP contribution in [-0.4, -0.2) is 18.4 Å². The molecule has 1 N–H and O–H groups in total. The van der Waals surface area contributed by atoms with Crippen molar-refractivity contribution in [1.29, 1.82) is 0 Å². The summed E-state index contributed by atoms with van der Waals surface area (Å²) in [7, 11) is 0. The average Bonchev–Trinajstić information content (AvgIpc) is 2.97. The molecule has 0 atom stereocenters. The maximum Gasteiger partial charge on any atom is 0.257 e. The van der Waals surface area contributed by atoms with Crippen LogP contribution in [0.1, 0.15) is 28.8 Å². The molecule has 2 amide bonds. The summed E-state index contributed by atoms with van der Waals surface area (Å²) < 4.78 is 0. The molecule has 4 nitrogen and oxygen atoms in total. The second-order valence-corrected chi connectivity index (χ2v) is 6.57. The van der Waals surface area contributed by atoms with Gasteiger partial charge in [0.2, 0.25) is 5.91 Å². The van der Waals surface area contributed by atoms with Crippen LogP contribution >= 0.6 is 23.2 Å². The van der Waals surface area contributed by atoms with E-state index in [4.69, 9.17) is 23.2 Å². The number of hydrogen-bond acceptors (Lipinski definition) is 2. The summed E-state index contributed by atoms with van der Waals surface area (Å²) in [4.78, 5) is 26.2. The fourth-order valence-corrected chi connectivity index (χ4v) is 3.13. The maximum atomic E-state index is 12.4. The molecule has 1 saturated heterocycles. The lowest BCUT2D eigenvalue weighted by atomic mass is 10.1. The molecule has 1 heterocycles. The Morgan fingerprint density at radius 3 is 2.67 bits per heavy atom. The third kappa shape index (κ3) is 3.40. The molecule has 6 heteroatoms. The van der Waals surface area contributed by atoms with E-state index in [1.165, 1.54) is 6.07 Å². The molecule has 1 aliphatic heterocycles. The SMILES string of the molecule is Cc1ccc(NC(=O)c2cc(Cl)ccc2Cl)cc1N1CCCC1=O. The highest BCUT2D eigenvalue weighted by Crippen LogP contribution is 2.29. The van der Waals surface area contributed by atoms with Gasteiger partial charge >= 0.3 is 0 Å². The topological polar surface area (TPSA) is 49.4 Å². The highest BCUT2D eigenvalue weighted by Gasteiger charge is 2.23. The third-order valence-corrected chi connectivity index (χ3v) is 4.57. The summed E-state index contributed by atoms with van der Waals surface area (Å²) in [5.41, 5.74) is 2.73. The largest absolute Gasteiger partial charge is 0.322 e. The van der Waals surface area contributed by atoms with Gasteiger partial charge in [-0.3, -0.25) is 9.59 Å². The zero-order chi connectivity index (χ0) is 17.3. The van der Waals surface area contributed by atoms with Gasteiger partial charge < -0.3 is 10.2 Å². The van der Waals surface area contributed by atoms with Gasteiger partial charge in [-0.2, -0.15) is 0 Å². The van der Waals surface area contributed by atoms with E-state index < -0.39 is 0 Å². The summed E-state index contributed by atoms with van der Waals surface area (Å²) in [6.07, 6.45) is 1.42. The summed E-state index contributed by atoms with van der Waals surface area (Å²) >= 11 is 12.0. The van der Waals surface area contributed by atoms with E-state index in [9.17, 15) is 9.59 Å². The van der Waals surface area contributed by atoms with Crippen LogP contribution in [0.4, 0.5) is 11.4 Å². The number of rotatable bonds is 3. The Bertz CT molecular complexity index is 821. The molecular formula is C18H16Cl2N2O2. The van der Waals surface area contributed by atoms with Crippen LogP contribution in [0.15, 0.2) is 36.4 Å². The molecule has 1 aliphatic rings. The van der Waals surface area contributed by atoms with Crippen LogP contribution in [0.3, 0.4) is 0 Å². The summed E-state index contributed by atoms with van der Waals surface area (Å²) in [5, 5.41) is 3.59. The van der Waals surface area contributed by atoms with Crippen LogP contribution in [0, 0.1) is 6.92 Å². The number of amides is 2. The molecule has 0 aromatic heterocycles. The van der Waals surface area contributed by atoms with Crippen LogP contribution in [0.25, 0.3) is 0 Å². The Hall–Kier alpha value is -2.04. The van der Waals surface area contributed by atoms with E-state index in [0.29, 0.717) is 34.3 Å². The summed E-state index contributed by atoms with van der Waals surface area (Å²) in [5.74, 6) is -0.232. The van der Waals surface area contributed by atoms with Gasteiger partial charge in [-0.25, -0.2) is 0 Å². The molecule has 24 heavy (non-hydrogen) atoms. The molecule has 0 radical (unpaired) electrons. The first-order valence-electron chi connectivity index (χ1n) is 7.63. The van der Waals surface area contributed by atoms with Gasteiger partial charge in [-0.1, -0.05) is 29.3 Å². The number of carbonyl (C=O) groups is 2. The lowest BCUT2D eigenvalue weighted by Gasteiger charge is -2.19. The molecule has 124 valence electrons. The second kappa shape index (κ2) is 6.83. The van der Waals surface area contributed by atoms with Crippen molar-refractivity contribution in [3.05, 3.63) is 57.6 Å². The summed E-state index contributed by atoms with van der Waals surface area (Å²) in [6.45, 7) is 2.65. The van der Waals surface area contributed by atoms with E-state index in [1.54, 1.807) is 23.1 Å². The number of benzene rings is 2. The molecule has 2 aromatic rings. The van der Waals surface area contributed by atoms with E-state index in [1.807, 2.05) is 19.1 Å². The standard InChI is InChI=1S/C18H16Cl2N2O2/c1-11-4-6-13(10-16(11)22-8-2-3-17(22)23)21-18(24)14-9-12(19)5-7-15(14)20/h4-7,9-10H,2-3,8H2,1H3,(H,21,24). The van der Waals surface area contributed by atoms with Crippen molar-refractivity contribution in [2.75, 3.05) is 16.8 Å². The number of anilines is 2. The second-order valence-electron chi connectivity index (χ2n) is 5.73. The number of halogens is 2. The normalized spacial score (nSPS) is 14.1. The molecule has 0 saturated carbocycles. The van der Waals surface area contributed by atoms with Crippen molar-refractivity contribution < 1.29 is 9.59 Å². The molecule has 2 aromatic carbocycles. The van der Waals surface area contributed by atoms with Gasteiger partial charge in [0, 0.05) is 29.4 Å². The van der Waals surface area contributed by atoms with Crippen molar-refractivity contribution in [3.8, 4) is 0 Å². The van der Waals surface area contributed by atoms with Gasteiger partial charge in [-0.15, -0.1) is 0 Å². The van der Waals surface area contributed by atoms with Crippen molar-refractivity contribution in [2.24, 2.45) is 0 Å². The van der Waals surface area contributed by atoms with Crippen LogP contribution in [-0.2, 0) is 4.79 Å². The molecule has 0 spiro atoms. The van der Waals surface area contributed by atoms with E-state index in [-0.39, 0.29) is 11.8 Å². The lowest BCUT2D eigenvalue weighted by Crippen LogP contribution is -2.24. The molecule has 3 rings (SSSR count). The minimum Gasteiger partial charge on any atom is -0.322 e. The highest BCUT2D eigenvalue weighted by atomic mass is 35.5. The Morgan fingerprint density at radius 1 is 1.17 bits per heavy atom. The molecule has 0 aliphatic carbocycles. The smallest absolute Gasteiger partial charge is 0.257 e. The van der Waals surface area contributed by atoms with Gasteiger partial charge in [-0.05, 0) is 49.2 Å². The van der Waals surface area contributed by atoms with Crippen molar-refractivity contribution in [1.82, 2.24) is 0 Å². The van der Waals surface area contributed by atoms with Gasteiger partial charge in [0.05, 0.1) is 10.6 Å². The number of nitrogens with zero attached hydrogens (tertiary/aromatic N) is 1. The number of carbonyl (C=O) groups excluding carboxylic acids is 2.